The van der Waals surface area contributed by atoms with Gasteiger partial charge in [-0.3, -0.25) is 14.5 Å². The molecule has 2 aliphatic rings. The monoisotopic (exact) mass is 539 g/mol. The maximum atomic E-state index is 13.7. The quantitative estimate of drug-likeness (QED) is 0.420. The summed E-state index contributed by atoms with van der Waals surface area (Å²) >= 11 is 0. The lowest BCUT2D eigenvalue weighted by molar-refractivity contribution is -0.118. The van der Waals surface area contributed by atoms with E-state index in [1.807, 2.05) is 6.07 Å². The third-order valence-electron chi connectivity index (χ3n) is 6.32. The van der Waals surface area contributed by atoms with Crippen LogP contribution in [0.2, 0.25) is 0 Å². The van der Waals surface area contributed by atoms with Crippen LogP contribution in [0.25, 0.3) is 10.9 Å². The minimum Gasteiger partial charge on any atom is -0.480 e. The summed E-state index contributed by atoms with van der Waals surface area (Å²) in [5.74, 6) is 0.403. The van der Waals surface area contributed by atoms with E-state index in [1.165, 1.54) is 18.2 Å². The molecule has 4 heterocycles. The van der Waals surface area contributed by atoms with Crippen molar-refractivity contribution in [3.63, 3.8) is 0 Å². The zero-order valence-corrected chi connectivity index (χ0v) is 21.0. The zero-order chi connectivity index (χ0) is 23.7. The van der Waals surface area contributed by atoms with Gasteiger partial charge in [-0.05, 0) is 41.8 Å². The van der Waals surface area contributed by atoms with Crippen molar-refractivity contribution in [1.82, 2.24) is 19.8 Å². The van der Waals surface area contributed by atoms with Crippen LogP contribution >= 0.6 is 24.8 Å². The molecule has 1 aromatic carbocycles. The maximum absolute atomic E-state index is 13.7. The molecule has 0 bridgehead atoms. The molecule has 0 radical (unpaired) electrons. The molecule has 2 aliphatic heterocycles. The molecule has 1 fully saturated rings. The van der Waals surface area contributed by atoms with Crippen molar-refractivity contribution in [2.75, 3.05) is 38.1 Å². The van der Waals surface area contributed by atoms with Gasteiger partial charge in [0, 0.05) is 51.3 Å². The topological polar surface area (TPSA) is 109 Å². The Morgan fingerprint density at radius 2 is 1.92 bits per heavy atom. The summed E-state index contributed by atoms with van der Waals surface area (Å²) in [6, 6.07) is 11.3. The number of carbonyl (C=O) groups excluding carboxylic acids is 1. The largest absolute Gasteiger partial charge is 0.480 e. The van der Waals surface area contributed by atoms with Gasteiger partial charge in [-0.15, -0.1) is 24.8 Å². The summed E-state index contributed by atoms with van der Waals surface area (Å²) in [5.41, 5.74) is 1.16. The number of nitrogens with zero attached hydrogens (tertiary/aromatic N) is 3. The van der Waals surface area contributed by atoms with E-state index in [4.69, 9.17) is 4.74 Å². The number of aliphatic hydroxyl groups excluding tert-OH is 1. The summed E-state index contributed by atoms with van der Waals surface area (Å²) in [7, 11) is 0. The highest BCUT2D eigenvalue weighted by atomic mass is 35.5. The van der Waals surface area contributed by atoms with Crippen LogP contribution in [0.4, 0.5) is 10.2 Å². The fraction of sp³-hybridized carbons (Fsp3) is 0.375. The van der Waals surface area contributed by atoms with E-state index in [-0.39, 0.29) is 54.6 Å². The number of nitrogens with one attached hydrogen (secondary N) is 2. The molecule has 194 valence electrons. The Kier molecular flexibility index (Phi) is 9.26. The Bertz CT molecular complexity index is 1290. The Balaban J connectivity index is 0.00000180. The number of pyridine rings is 2. The van der Waals surface area contributed by atoms with E-state index in [2.05, 4.69) is 20.5 Å². The lowest BCUT2D eigenvalue weighted by Gasteiger charge is -2.18. The molecule has 5 rings (SSSR count). The van der Waals surface area contributed by atoms with Gasteiger partial charge in [0.1, 0.15) is 5.82 Å². The van der Waals surface area contributed by atoms with Crippen molar-refractivity contribution >= 4 is 47.4 Å². The standard InChI is InChI=1S/C24H26FN5O4.2ClH/c25-17-3-1-15-2-6-23(33)30(19(15)9-17)8-7-29-12-16(20(31)13-29)10-26-11-18-4-5-21-24(27-18)28-22(32)14-34-21;;/h1-6,9,16,20,26,31H,7-8,10-14H2,(H,27,28,32);2*1H/t16-,20+;;/m1../s1. The van der Waals surface area contributed by atoms with Crippen LogP contribution in [0.1, 0.15) is 5.69 Å². The van der Waals surface area contributed by atoms with Crippen LogP contribution in [0.5, 0.6) is 5.75 Å². The molecule has 12 heteroatoms. The van der Waals surface area contributed by atoms with Gasteiger partial charge < -0.3 is 25.0 Å². The number of β-amino-alcohol motifs (C(OH)–C–C–N with tert-alkyl or cyclic N) is 1. The fourth-order valence-corrected chi connectivity index (χ4v) is 4.55. The average Bonchev–Trinajstić information content (AvgIpc) is 3.17. The molecule has 0 unspecified atom stereocenters. The highest BCUT2D eigenvalue weighted by molar-refractivity contribution is 5.94. The van der Waals surface area contributed by atoms with Gasteiger partial charge in [0.05, 0.1) is 17.3 Å². The molecular weight excluding hydrogens is 512 g/mol. The Morgan fingerprint density at radius 3 is 2.75 bits per heavy atom. The summed E-state index contributed by atoms with van der Waals surface area (Å²) < 4.78 is 20.6. The van der Waals surface area contributed by atoms with E-state index in [0.29, 0.717) is 56.4 Å². The van der Waals surface area contributed by atoms with Crippen molar-refractivity contribution in [1.29, 1.82) is 0 Å². The van der Waals surface area contributed by atoms with Gasteiger partial charge in [0.15, 0.2) is 18.2 Å². The van der Waals surface area contributed by atoms with Crippen LogP contribution in [0, 0.1) is 11.7 Å². The fourth-order valence-electron chi connectivity index (χ4n) is 4.55. The van der Waals surface area contributed by atoms with E-state index in [1.54, 1.807) is 22.8 Å². The Labute approximate surface area is 219 Å². The van der Waals surface area contributed by atoms with Gasteiger partial charge in [0.2, 0.25) is 0 Å². The number of fused-ring (bicyclic) bond motifs is 2. The van der Waals surface area contributed by atoms with E-state index >= 15 is 0 Å². The lowest BCUT2D eigenvalue weighted by atomic mass is 10.1. The Morgan fingerprint density at radius 1 is 1.11 bits per heavy atom. The molecule has 2 aromatic heterocycles. The predicted octanol–water partition coefficient (Wildman–Crippen LogP) is 1.79. The number of halogens is 3. The normalized spacial score (nSPS) is 19.1. The molecule has 2 atom stereocenters. The van der Waals surface area contributed by atoms with Crippen LogP contribution in [0.3, 0.4) is 0 Å². The molecule has 0 saturated carbocycles. The second kappa shape index (κ2) is 12.0. The number of likely N-dealkylation sites (tertiary alicyclic amines) is 1. The van der Waals surface area contributed by atoms with Crippen LogP contribution < -0.4 is 20.9 Å². The van der Waals surface area contributed by atoms with Crippen molar-refractivity contribution in [2.24, 2.45) is 5.92 Å². The number of aliphatic hydroxyl groups is 1. The number of hydrogen-bond donors (Lipinski definition) is 3. The number of benzene rings is 1. The second-order valence-electron chi connectivity index (χ2n) is 8.73. The van der Waals surface area contributed by atoms with Gasteiger partial charge in [-0.2, -0.15) is 0 Å². The zero-order valence-electron chi connectivity index (χ0n) is 19.4. The molecule has 9 nitrogen and oxygen atoms in total. The number of amides is 1. The summed E-state index contributed by atoms with van der Waals surface area (Å²) in [6.45, 7) is 3.27. The summed E-state index contributed by atoms with van der Waals surface area (Å²) in [5, 5.41) is 17.4. The smallest absolute Gasteiger partial charge is 0.263 e. The lowest BCUT2D eigenvalue weighted by Crippen LogP contribution is -2.31. The van der Waals surface area contributed by atoms with Crippen LogP contribution in [0.15, 0.2) is 47.3 Å². The first kappa shape index (κ1) is 27.8. The van der Waals surface area contributed by atoms with Gasteiger partial charge in [-0.25, -0.2) is 9.37 Å². The number of carbonyl (C=O) groups is 1. The summed E-state index contributed by atoms with van der Waals surface area (Å²) in [6.07, 6.45) is -0.488. The highest BCUT2D eigenvalue weighted by Gasteiger charge is 2.30. The number of hydrogen-bond acceptors (Lipinski definition) is 7. The first-order valence-corrected chi connectivity index (χ1v) is 11.3. The third-order valence-corrected chi connectivity index (χ3v) is 6.32. The molecule has 0 aliphatic carbocycles. The second-order valence-corrected chi connectivity index (χ2v) is 8.73. The first-order chi connectivity index (χ1) is 16.5. The predicted molar refractivity (Wildman–Crippen MR) is 139 cm³/mol. The SMILES string of the molecule is Cl.Cl.O=C1COc2ccc(CNC[C@@H]3CN(CCn4c(=O)ccc5ccc(F)cc54)C[C@@H]3O)nc2N1. The van der Waals surface area contributed by atoms with Crippen molar-refractivity contribution in [3.05, 3.63) is 64.3 Å². The minimum atomic E-state index is -0.488. The van der Waals surface area contributed by atoms with Crippen molar-refractivity contribution in [2.45, 2.75) is 19.2 Å². The van der Waals surface area contributed by atoms with Gasteiger partial charge in [-0.1, -0.05) is 0 Å². The number of anilines is 1. The highest BCUT2D eigenvalue weighted by Crippen LogP contribution is 2.25. The van der Waals surface area contributed by atoms with E-state index in [0.717, 1.165) is 11.1 Å². The van der Waals surface area contributed by atoms with Crippen LogP contribution in [-0.4, -0.2) is 64.4 Å². The van der Waals surface area contributed by atoms with E-state index < -0.39 is 6.10 Å². The number of rotatable bonds is 7. The molecule has 0 spiro atoms. The molecule has 1 saturated heterocycles. The number of aromatic nitrogens is 2. The molecular formula is C24H28Cl2FN5O4. The third kappa shape index (κ3) is 6.13. The molecule has 1 amide bonds. The van der Waals surface area contributed by atoms with E-state index in [9.17, 15) is 19.1 Å². The van der Waals surface area contributed by atoms with Crippen molar-refractivity contribution < 1.29 is 19.0 Å². The average molecular weight is 540 g/mol. The summed E-state index contributed by atoms with van der Waals surface area (Å²) in [4.78, 5) is 30.4. The molecule has 3 N–H and O–H groups in total. The molecule has 36 heavy (non-hydrogen) atoms. The minimum absolute atomic E-state index is 0. The van der Waals surface area contributed by atoms with Crippen molar-refractivity contribution in [3.8, 4) is 5.75 Å². The molecule has 3 aromatic rings. The van der Waals surface area contributed by atoms with Gasteiger partial charge in [0.25, 0.3) is 11.5 Å². The Hall–Kier alpha value is -2.76. The van der Waals surface area contributed by atoms with Crippen LogP contribution in [-0.2, 0) is 17.9 Å². The maximum Gasteiger partial charge on any atom is 0.263 e. The first-order valence-electron chi connectivity index (χ1n) is 11.3. The number of ether oxygens (including phenoxy) is 1. The van der Waals surface area contributed by atoms with Gasteiger partial charge >= 0.3 is 0 Å².